The molecule has 1 atom stereocenters. The van der Waals surface area contributed by atoms with Crippen molar-refractivity contribution in [3.63, 3.8) is 0 Å². The second kappa shape index (κ2) is 6.61. The Morgan fingerprint density at radius 3 is 2.35 bits per heavy atom. The Labute approximate surface area is 142 Å². The summed E-state index contributed by atoms with van der Waals surface area (Å²) in [6.45, 7) is 4.13. The lowest BCUT2D eigenvalue weighted by atomic mass is 9.93. The Morgan fingerprint density at radius 2 is 1.70 bits per heavy atom. The van der Waals surface area contributed by atoms with Crippen molar-refractivity contribution in [2.75, 3.05) is 7.05 Å². The first kappa shape index (κ1) is 16.0. The van der Waals surface area contributed by atoms with Crippen molar-refractivity contribution < 1.29 is 0 Å². The third-order valence-electron chi connectivity index (χ3n) is 3.42. The van der Waals surface area contributed by atoms with E-state index in [0.717, 1.165) is 19.5 Å². The molecule has 0 bridgehead atoms. The number of rotatable bonds is 3. The van der Waals surface area contributed by atoms with Gasteiger partial charge in [-0.05, 0) is 67.4 Å². The van der Waals surface area contributed by atoms with Gasteiger partial charge in [0.15, 0.2) is 0 Å². The van der Waals surface area contributed by atoms with Gasteiger partial charge in [0.25, 0.3) is 0 Å². The summed E-state index contributed by atoms with van der Waals surface area (Å²) in [5.74, 6) is 0. The first-order valence-electron chi connectivity index (χ1n) is 6.33. The molecule has 20 heavy (non-hydrogen) atoms. The Kier molecular flexibility index (Phi) is 5.30. The van der Waals surface area contributed by atoms with Gasteiger partial charge in [-0.25, -0.2) is 0 Å². The predicted octanol–water partition coefficient (Wildman–Crippen LogP) is 5.79. The zero-order valence-corrected chi connectivity index (χ0v) is 15.5. The fourth-order valence-corrected chi connectivity index (χ4v) is 3.40. The van der Waals surface area contributed by atoms with Gasteiger partial charge >= 0.3 is 0 Å². The Morgan fingerprint density at radius 1 is 1.00 bits per heavy atom. The van der Waals surface area contributed by atoms with Gasteiger partial charge in [0.05, 0.1) is 6.04 Å². The summed E-state index contributed by atoms with van der Waals surface area (Å²) in [6, 6.07) is 10.5. The average molecular weight is 418 g/mol. The number of hydrogen-bond donors (Lipinski definition) is 1. The van der Waals surface area contributed by atoms with Gasteiger partial charge in [-0.2, -0.15) is 0 Å². The lowest BCUT2D eigenvalue weighted by Gasteiger charge is -2.22. The largest absolute Gasteiger partial charge is 0.309 e. The van der Waals surface area contributed by atoms with E-state index in [2.05, 4.69) is 62.3 Å². The van der Waals surface area contributed by atoms with E-state index < -0.39 is 0 Å². The van der Waals surface area contributed by atoms with Crippen molar-refractivity contribution in [3.8, 4) is 0 Å². The van der Waals surface area contributed by atoms with Crippen LogP contribution >= 0.6 is 43.5 Å². The molecule has 0 aromatic heterocycles. The molecule has 0 spiro atoms. The number of aryl methyl sites for hydroxylation is 2. The van der Waals surface area contributed by atoms with Crippen LogP contribution in [0, 0.1) is 13.8 Å². The molecule has 106 valence electrons. The number of benzene rings is 2. The van der Waals surface area contributed by atoms with Gasteiger partial charge in [0, 0.05) is 14.0 Å². The van der Waals surface area contributed by atoms with E-state index in [-0.39, 0.29) is 6.04 Å². The lowest BCUT2D eigenvalue weighted by molar-refractivity contribution is 0.684. The van der Waals surface area contributed by atoms with Crippen molar-refractivity contribution in [1.29, 1.82) is 0 Å². The van der Waals surface area contributed by atoms with Gasteiger partial charge in [0.1, 0.15) is 0 Å². The fraction of sp³-hybridized carbons (Fsp3) is 0.250. The highest BCUT2D eigenvalue weighted by Gasteiger charge is 2.18. The van der Waals surface area contributed by atoms with E-state index >= 15 is 0 Å². The fourth-order valence-electron chi connectivity index (χ4n) is 2.33. The monoisotopic (exact) mass is 415 g/mol. The standard InChI is InChI=1S/C16H16Br2ClN/c1-9-7-15(19)10(2)6-12(9)16(20-3)13-8-11(17)4-5-14(13)18/h4-8,16,20H,1-3H3. The van der Waals surface area contributed by atoms with E-state index in [1.165, 1.54) is 16.7 Å². The Bertz CT molecular complexity index is 641. The number of halogens is 3. The van der Waals surface area contributed by atoms with Crippen molar-refractivity contribution in [1.82, 2.24) is 5.32 Å². The second-order valence-corrected chi connectivity index (χ2v) is 7.02. The van der Waals surface area contributed by atoms with Crippen LogP contribution in [0.15, 0.2) is 39.3 Å². The molecule has 1 unspecified atom stereocenters. The molecule has 0 saturated heterocycles. The molecule has 4 heteroatoms. The van der Waals surface area contributed by atoms with Crippen molar-refractivity contribution in [2.24, 2.45) is 0 Å². The molecule has 0 radical (unpaired) electrons. The van der Waals surface area contributed by atoms with Crippen LogP contribution in [0.25, 0.3) is 0 Å². The highest BCUT2D eigenvalue weighted by atomic mass is 79.9. The molecule has 0 fully saturated rings. The molecule has 0 aliphatic heterocycles. The number of hydrogen-bond acceptors (Lipinski definition) is 1. The summed E-state index contributed by atoms with van der Waals surface area (Å²) in [6.07, 6.45) is 0. The van der Waals surface area contributed by atoms with Crippen LogP contribution in [0.1, 0.15) is 28.3 Å². The van der Waals surface area contributed by atoms with Gasteiger partial charge in [0.2, 0.25) is 0 Å². The maximum atomic E-state index is 6.20. The van der Waals surface area contributed by atoms with Crippen LogP contribution in [-0.4, -0.2) is 7.05 Å². The van der Waals surface area contributed by atoms with Gasteiger partial charge in [-0.1, -0.05) is 49.5 Å². The SMILES string of the molecule is CNC(c1cc(C)c(Cl)cc1C)c1cc(Br)ccc1Br. The first-order chi connectivity index (χ1) is 9.43. The molecule has 1 nitrogen and oxygen atoms in total. The van der Waals surface area contributed by atoms with E-state index in [0.29, 0.717) is 0 Å². The Hall–Kier alpha value is -0.350. The lowest BCUT2D eigenvalue weighted by Crippen LogP contribution is -2.19. The van der Waals surface area contributed by atoms with Crippen LogP contribution in [-0.2, 0) is 0 Å². The zero-order valence-electron chi connectivity index (χ0n) is 11.6. The average Bonchev–Trinajstić information content (AvgIpc) is 2.40. The van der Waals surface area contributed by atoms with Gasteiger partial charge in [-0.15, -0.1) is 0 Å². The molecular formula is C16H16Br2ClN. The second-order valence-electron chi connectivity index (χ2n) is 4.85. The molecule has 2 rings (SSSR count). The maximum Gasteiger partial charge on any atom is 0.0588 e. The zero-order chi connectivity index (χ0) is 14.9. The van der Waals surface area contributed by atoms with Crippen molar-refractivity contribution >= 4 is 43.5 Å². The molecule has 0 aliphatic rings. The molecule has 2 aromatic rings. The molecule has 0 saturated carbocycles. The van der Waals surface area contributed by atoms with Crippen molar-refractivity contribution in [2.45, 2.75) is 19.9 Å². The molecular weight excluding hydrogens is 401 g/mol. The maximum absolute atomic E-state index is 6.20. The van der Waals surface area contributed by atoms with Gasteiger partial charge < -0.3 is 5.32 Å². The molecule has 0 heterocycles. The van der Waals surface area contributed by atoms with Crippen LogP contribution in [0.2, 0.25) is 5.02 Å². The van der Waals surface area contributed by atoms with E-state index in [1.807, 2.05) is 26.1 Å². The van der Waals surface area contributed by atoms with Crippen LogP contribution in [0.4, 0.5) is 0 Å². The first-order valence-corrected chi connectivity index (χ1v) is 8.29. The van der Waals surface area contributed by atoms with E-state index in [9.17, 15) is 0 Å². The minimum atomic E-state index is 0.123. The summed E-state index contributed by atoms with van der Waals surface area (Å²) in [7, 11) is 1.97. The summed E-state index contributed by atoms with van der Waals surface area (Å²) < 4.78 is 2.16. The van der Waals surface area contributed by atoms with Crippen LogP contribution in [0.3, 0.4) is 0 Å². The third kappa shape index (κ3) is 3.28. The molecule has 0 aliphatic carbocycles. The van der Waals surface area contributed by atoms with Crippen LogP contribution < -0.4 is 5.32 Å². The molecule has 2 aromatic carbocycles. The quantitative estimate of drug-likeness (QED) is 0.666. The predicted molar refractivity (Wildman–Crippen MR) is 93.7 cm³/mol. The Balaban J connectivity index is 2.58. The van der Waals surface area contributed by atoms with E-state index in [4.69, 9.17) is 11.6 Å². The summed E-state index contributed by atoms with van der Waals surface area (Å²) in [5.41, 5.74) is 4.73. The molecule has 1 N–H and O–H groups in total. The topological polar surface area (TPSA) is 12.0 Å². The summed E-state index contributed by atoms with van der Waals surface area (Å²) >= 11 is 13.4. The minimum absolute atomic E-state index is 0.123. The normalized spacial score (nSPS) is 12.5. The third-order valence-corrected chi connectivity index (χ3v) is 5.04. The van der Waals surface area contributed by atoms with Crippen LogP contribution in [0.5, 0.6) is 0 Å². The smallest absolute Gasteiger partial charge is 0.0588 e. The highest BCUT2D eigenvalue weighted by Crippen LogP contribution is 2.34. The van der Waals surface area contributed by atoms with E-state index in [1.54, 1.807) is 0 Å². The summed E-state index contributed by atoms with van der Waals surface area (Å²) in [4.78, 5) is 0. The number of nitrogens with one attached hydrogen (secondary N) is 1. The van der Waals surface area contributed by atoms with Crippen molar-refractivity contribution in [3.05, 3.63) is 66.6 Å². The minimum Gasteiger partial charge on any atom is -0.309 e. The highest BCUT2D eigenvalue weighted by molar-refractivity contribution is 9.11. The van der Waals surface area contributed by atoms with Gasteiger partial charge in [-0.3, -0.25) is 0 Å². The molecule has 0 amide bonds. The summed E-state index contributed by atoms with van der Waals surface area (Å²) in [5, 5.41) is 4.21.